The Kier molecular flexibility index (Phi) is 4.88. The number of hydrogen-bond donors (Lipinski definition) is 0. The molecule has 1 saturated carbocycles. The number of nitrogens with zero attached hydrogens (tertiary/aromatic N) is 3. The van der Waals surface area contributed by atoms with Gasteiger partial charge in [0.25, 0.3) is 0 Å². The van der Waals surface area contributed by atoms with E-state index >= 15 is 0 Å². The van der Waals surface area contributed by atoms with Crippen LogP contribution in [0.25, 0.3) is 0 Å². The third-order valence-corrected chi connectivity index (χ3v) is 6.15. The van der Waals surface area contributed by atoms with Crippen molar-refractivity contribution in [1.29, 1.82) is 0 Å². The Labute approximate surface area is 155 Å². The van der Waals surface area contributed by atoms with Crippen molar-refractivity contribution >= 4 is 17.5 Å². The first-order valence-corrected chi connectivity index (χ1v) is 10.1. The lowest BCUT2D eigenvalue weighted by molar-refractivity contribution is -0.149. The summed E-state index contributed by atoms with van der Waals surface area (Å²) in [6.07, 6.45) is 6.02. The molecule has 2 aliphatic heterocycles. The summed E-state index contributed by atoms with van der Waals surface area (Å²) in [5.41, 5.74) is 0.487. The number of piperazine rings is 1. The Morgan fingerprint density at radius 3 is 1.77 bits per heavy atom. The second-order valence-electron chi connectivity index (χ2n) is 7.90. The van der Waals surface area contributed by atoms with Gasteiger partial charge in [-0.1, -0.05) is 31.0 Å². The first-order valence-electron chi connectivity index (χ1n) is 10.1. The molecule has 3 aliphatic rings. The highest BCUT2D eigenvalue weighted by Gasteiger charge is 2.59. The molecule has 3 fully saturated rings. The maximum absolute atomic E-state index is 13.2. The highest BCUT2D eigenvalue weighted by molar-refractivity contribution is 6.08. The van der Waals surface area contributed by atoms with E-state index < -0.39 is 5.41 Å². The summed E-state index contributed by atoms with van der Waals surface area (Å²) in [6, 6.07) is 10.3. The highest BCUT2D eigenvalue weighted by atomic mass is 16.2. The van der Waals surface area contributed by atoms with E-state index in [1.165, 1.54) is 18.5 Å². The van der Waals surface area contributed by atoms with Gasteiger partial charge in [0.2, 0.25) is 11.8 Å². The summed E-state index contributed by atoms with van der Waals surface area (Å²) < 4.78 is 0. The van der Waals surface area contributed by atoms with Gasteiger partial charge < -0.3 is 14.7 Å². The van der Waals surface area contributed by atoms with Gasteiger partial charge in [0.05, 0.1) is 0 Å². The fraction of sp³-hybridized carbons (Fsp3) is 0.619. The summed E-state index contributed by atoms with van der Waals surface area (Å²) >= 11 is 0. The normalized spacial score (nSPS) is 22.7. The van der Waals surface area contributed by atoms with E-state index in [2.05, 4.69) is 17.0 Å². The van der Waals surface area contributed by atoms with Gasteiger partial charge in [-0.3, -0.25) is 9.59 Å². The molecule has 0 N–H and O–H groups in total. The Hall–Kier alpha value is -2.04. The molecule has 140 valence electrons. The number of hydrogen-bond acceptors (Lipinski definition) is 3. The maximum Gasteiger partial charge on any atom is 0.238 e. The van der Waals surface area contributed by atoms with Crippen molar-refractivity contribution in [3.63, 3.8) is 0 Å². The van der Waals surface area contributed by atoms with E-state index in [4.69, 9.17) is 0 Å². The van der Waals surface area contributed by atoms with Gasteiger partial charge in [0.1, 0.15) is 5.41 Å². The molecular formula is C21H29N3O2. The quantitative estimate of drug-likeness (QED) is 0.783. The lowest BCUT2D eigenvalue weighted by atomic mass is 10.0. The highest BCUT2D eigenvalue weighted by Crippen LogP contribution is 2.49. The van der Waals surface area contributed by atoms with Gasteiger partial charge in [-0.15, -0.1) is 0 Å². The molecule has 0 atom stereocenters. The van der Waals surface area contributed by atoms with Gasteiger partial charge in [0.15, 0.2) is 0 Å². The van der Waals surface area contributed by atoms with Crippen molar-refractivity contribution in [3.8, 4) is 0 Å². The van der Waals surface area contributed by atoms with E-state index in [0.717, 1.165) is 51.9 Å². The standard InChI is InChI=1S/C21H29N3O2/c25-19(23-12-6-1-2-7-13-23)21(10-11-21)20(26)24-16-14-22(15-17-24)18-8-4-3-5-9-18/h3-5,8-9H,1-2,6-7,10-17H2. The Balaban J connectivity index is 1.38. The summed E-state index contributed by atoms with van der Waals surface area (Å²) in [7, 11) is 0. The molecule has 1 aromatic carbocycles. The van der Waals surface area contributed by atoms with Crippen LogP contribution in [0.2, 0.25) is 0 Å². The van der Waals surface area contributed by atoms with Crippen molar-refractivity contribution in [3.05, 3.63) is 30.3 Å². The predicted octanol–water partition coefficient (Wildman–Crippen LogP) is 2.52. The fourth-order valence-electron chi connectivity index (χ4n) is 4.33. The molecular weight excluding hydrogens is 326 g/mol. The second-order valence-corrected chi connectivity index (χ2v) is 7.90. The lowest BCUT2D eigenvalue weighted by Gasteiger charge is -2.38. The molecule has 0 radical (unpaired) electrons. The van der Waals surface area contributed by atoms with Crippen LogP contribution in [0.1, 0.15) is 38.5 Å². The van der Waals surface area contributed by atoms with Crippen LogP contribution in [-0.2, 0) is 9.59 Å². The van der Waals surface area contributed by atoms with Crippen molar-refractivity contribution < 1.29 is 9.59 Å². The van der Waals surface area contributed by atoms with Crippen molar-refractivity contribution in [2.24, 2.45) is 5.41 Å². The van der Waals surface area contributed by atoms with Crippen LogP contribution in [0.4, 0.5) is 5.69 Å². The zero-order chi connectivity index (χ0) is 18.0. The molecule has 5 heteroatoms. The van der Waals surface area contributed by atoms with E-state index in [1.807, 2.05) is 28.0 Å². The molecule has 2 heterocycles. The number of rotatable bonds is 3. The zero-order valence-electron chi connectivity index (χ0n) is 15.5. The van der Waals surface area contributed by atoms with E-state index in [0.29, 0.717) is 13.1 Å². The zero-order valence-corrected chi connectivity index (χ0v) is 15.5. The Morgan fingerprint density at radius 1 is 0.692 bits per heavy atom. The van der Waals surface area contributed by atoms with Crippen LogP contribution in [0.3, 0.4) is 0 Å². The number of amides is 2. The van der Waals surface area contributed by atoms with Crippen LogP contribution in [0, 0.1) is 5.41 Å². The summed E-state index contributed by atoms with van der Waals surface area (Å²) in [6.45, 7) is 4.75. The van der Waals surface area contributed by atoms with Crippen LogP contribution in [0.5, 0.6) is 0 Å². The average molecular weight is 355 g/mol. The first-order chi connectivity index (χ1) is 12.7. The number of anilines is 1. The average Bonchev–Trinajstić information content (AvgIpc) is 3.53. The number of benzene rings is 1. The molecule has 2 saturated heterocycles. The molecule has 4 rings (SSSR count). The molecule has 0 spiro atoms. The van der Waals surface area contributed by atoms with Crippen molar-refractivity contribution in [1.82, 2.24) is 9.80 Å². The SMILES string of the molecule is O=C(N1CCCCCC1)C1(C(=O)N2CCN(c3ccccc3)CC2)CC1. The van der Waals surface area contributed by atoms with Crippen LogP contribution >= 0.6 is 0 Å². The van der Waals surface area contributed by atoms with Crippen LogP contribution in [0.15, 0.2) is 30.3 Å². The maximum atomic E-state index is 13.2. The largest absolute Gasteiger partial charge is 0.368 e. The van der Waals surface area contributed by atoms with Crippen molar-refractivity contribution in [2.75, 3.05) is 44.2 Å². The van der Waals surface area contributed by atoms with E-state index in [9.17, 15) is 9.59 Å². The molecule has 1 aromatic rings. The smallest absolute Gasteiger partial charge is 0.238 e. The Morgan fingerprint density at radius 2 is 1.23 bits per heavy atom. The van der Waals surface area contributed by atoms with Gasteiger partial charge >= 0.3 is 0 Å². The molecule has 0 unspecified atom stereocenters. The fourth-order valence-corrected chi connectivity index (χ4v) is 4.33. The minimum Gasteiger partial charge on any atom is -0.368 e. The number of carbonyl (C=O) groups is 2. The number of para-hydroxylation sites is 1. The lowest BCUT2D eigenvalue weighted by Crippen LogP contribution is -2.53. The summed E-state index contributed by atoms with van der Waals surface area (Å²) in [4.78, 5) is 32.5. The molecule has 26 heavy (non-hydrogen) atoms. The van der Waals surface area contributed by atoms with Gasteiger partial charge in [0, 0.05) is 45.0 Å². The third-order valence-electron chi connectivity index (χ3n) is 6.15. The van der Waals surface area contributed by atoms with E-state index in [-0.39, 0.29) is 11.8 Å². The van der Waals surface area contributed by atoms with Crippen LogP contribution < -0.4 is 4.90 Å². The summed E-state index contributed by atoms with van der Waals surface area (Å²) in [5.74, 6) is 0.189. The molecule has 2 amide bonds. The topological polar surface area (TPSA) is 43.9 Å². The molecule has 1 aliphatic carbocycles. The predicted molar refractivity (Wildman–Crippen MR) is 102 cm³/mol. The minimum atomic E-state index is -0.723. The van der Waals surface area contributed by atoms with Gasteiger partial charge in [-0.05, 0) is 37.8 Å². The second kappa shape index (κ2) is 7.29. The third kappa shape index (κ3) is 3.31. The van der Waals surface area contributed by atoms with Crippen LogP contribution in [-0.4, -0.2) is 60.9 Å². The monoisotopic (exact) mass is 355 g/mol. The number of likely N-dealkylation sites (tertiary alicyclic amines) is 1. The van der Waals surface area contributed by atoms with E-state index in [1.54, 1.807) is 0 Å². The first kappa shape index (κ1) is 17.4. The van der Waals surface area contributed by atoms with Gasteiger partial charge in [-0.2, -0.15) is 0 Å². The van der Waals surface area contributed by atoms with Gasteiger partial charge in [-0.25, -0.2) is 0 Å². The van der Waals surface area contributed by atoms with Crippen molar-refractivity contribution in [2.45, 2.75) is 38.5 Å². The Bertz CT molecular complexity index is 640. The molecule has 0 bridgehead atoms. The summed E-state index contributed by atoms with van der Waals surface area (Å²) in [5, 5.41) is 0. The minimum absolute atomic E-state index is 0.0828. The number of carbonyl (C=O) groups excluding carboxylic acids is 2. The molecule has 0 aromatic heterocycles. The molecule has 5 nitrogen and oxygen atoms in total.